The number of para-hydroxylation sites is 4. The predicted molar refractivity (Wildman–Crippen MR) is 193 cm³/mol. The van der Waals surface area contributed by atoms with Crippen molar-refractivity contribution in [3.8, 4) is 28.6 Å². The van der Waals surface area contributed by atoms with Crippen molar-refractivity contribution in [1.82, 2.24) is 9.13 Å². The van der Waals surface area contributed by atoms with Crippen LogP contribution in [0.1, 0.15) is 5.56 Å². The van der Waals surface area contributed by atoms with Gasteiger partial charge >= 0.3 is 0 Å². The van der Waals surface area contributed by atoms with Crippen LogP contribution in [0.2, 0.25) is 0 Å². The second-order valence-corrected chi connectivity index (χ2v) is 12.0. The molecule has 10 rings (SSSR count). The van der Waals surface area contributed by atoms with E-state index in [1.165, 1.54) is 10.8 Å². The molecule has 3 aromatic heterocycles. The minimum atomic E-state index is 0.620. The highest BCUT2D eigenvalue weighted by atomic mass is 16.3. The standard InChI is InChI=1S/C43H25N3O/c44-26-27-20-21-38(46-37-18-7-3-14-32(37)42-39(46)22-23-41-43(42)33-15-4-8-19-40(33)47-41)34(24-27)28-10-9-11-29(25-28)45-35-16-5-1-12-30(35)31-13-2-6-17-36(31)45/h1-25H. The monoisotopic (exact) mass is 599 g/mol. The van der Waals surface area contributed by atoms with Crippen LogP contribution in [0.3, 0.4) is 0 Å². The fourth-order valence-corrected chi connectivity index (χ4v) is 7.58. The second kappa shape index (κ2) is 9.71. The van der Waals surface area contributed by atoms with Gasteiger partial charge in [0, 0.05) is 43.6 Å². The van der Waals surface area contributed by atoms with Gasteiger partial charge in [-0.05, 0) is 72.3 Å². The molecule has 4 heteroatoms. The predicted octanol–water partition coefficient (Wildman–Crippen LogP) is 11.3. The van der Waals surface area contributed by atoms with Crippen LogP contribution >= 0.6 is 0 Å². The van der Waals surface area contributed by atoms with Crippen molar-refractivity contribution in [1.29, 1.82) is 5.26 Å². The number of hydrogen-bond acceptors (Lipinski definition) is 2. The van der Waals surface area contributed by atoms with Gasteiger partial charge in [-0.25, -0.2) is 0 Å². The topological polar surface area (TPSA) is 46.8 Å². The van der Waals surface area contributed by atoms with Crippen LogP contribution in [0.5, 0.6) is 0 Å². The molecule has 0 amide bonds. The summed E-state index contributed by atoms with van der Waals surface area (Å²) < 4.78 is 11.0. The highest BCUT2D eigenvalue weighted by Crippen LogP contribution is 2.43. The summed E-state index contributed by atoms with van der Waals surface area (Å²) in [6.45, 7) is 0. The number of fused-ring (bicyclic) bond motifs is 10. The Kier molecular flexibility index (Phi) is 5.32. The Morgan fingerprint density at radius 2 is 1.13 bits per heavy atom. The Morgan fingerprint density at radius 1 is 0.468 bits per heavy atom. The number of aromatic nitrogens is 2. The molecule has 0 fully saturated rings. The summed E-state index contributed by atoms with van der Waals surface area (Å²) in [5.41, 5.74) is 11.0. The Bertz CT molecular complexity index is 2880. The molecule has 3 heterocycles. The summed E-state index contributed by atoms with van der Waals surface area (Å²) in [6, 6.07) is 55.3. The molecule has 0 N–H and O–H groups in total. The average molecular weight is 600 g/mol. The summed E-state index contributed by atoms with van der Waals surface area (Å²) >= 11 is 0. The van der Waals surface area contributed by atoms with Crippen molar-refractivity contribution in [2.24, 2.45) is 0 Å². The molecule has 0 spiro atoms. The van der Waals surface area contributed by atoms with Crippen molar-refractivity contribution in [2.75, 3.05) is 0 Å². The van der Waals surface area contributed by atoms with Crippen molar-refractivity contribution in [2.45, 2.75) is 0 Å². The van der Waals surface area contributed by atoms with Crippen molar-refractivity contribution in [3.05, 3.63) is 157 Å². The molecular weight excluding hydrogens is 574 g/mol. The van der Waals surface area contributed by atoms with Gasteiger partial charge in [-0.3, -0.25) is 0 Å². The maximum absolute atomic E-state index is 10.0. The maximum atomic E-state index is 10.0. The molecule has 218 valence electrons. The van der Waals surface area contributed by atoms with Gasteiger partial charge in [0.2, 0.25) is 0 Å². The molecule has 4 nitrogen and oxygen atoms in total. The van der Waals surface area contributed by atoms with Gasteiger partial charge in [-0.2, -0.15) is 5.26 Å². The average Bonchev–Trinajstić information content (AvgIpc) is 3.79. The molecular formula is C43H25N3O. The van der Waals surface area contributed by atoms with Gasteiger partial charge in [-0.15, -0.1) is 0 Å². The van der Waals surface area contributed by atoms with Crippen LogP contribution in [0, 0.1) is 11.3 Å². The number of nitrogens with zero attached hydrogens (tertiary/aromatic N) is 3. The number of rotatable bonds is 3. The van der Waals surface area contributed by atoms with E-state index in [4.69, 9.17) is 4.42 Å². The van der Waals surface area contributed by atoms with Gasteiger partial charge in [0.25, 0.3) is 0 Å². The largest absolute Gasteiger partial charge is 0.456 e. The third-order valence-electron chi connectivity index (χ3n) is 9.54. The third kappa shape index (κ3) is 3.63. The summed E-state index contributed by atoms with van der Waals surface area (Å²) in [5.74, 6) is 0. The Hall–Kier alpha value is -6.57. The van der Waals surface area contributed by atoms with E-state index in [1.807, 2.05) is 24.3 Å². The lowest BCUT2D eigenvalue weighted by Gasteiger charge is -2.16. The van der Waals surface area contributed by atoms with Crippen LogP contribution < -0.4 is 0 Å². The van der Waals surface area contributed by atoms with Crippen molar-refractivity contribution in [3.63, 3.8) is 0 Å². The van der Waals surface area contributed by atoms with E-state index in [0.717, 1.165) is 77.3 Å². The molecule has 0 radical (unpaired) electrons. The van der Waals surface area contributed by atoms with Crippen molar-refractivity contribution < 1.29 is 4.42 Å². The van der Waals surface area contributed by atoms with Gasteiger partial charge in [0.05, 0.1) is 39.4 Å². The molecule has 0 saturated heterocycles. The fourth-order valence-electron chi connectivity index (χ4n) is 7.58. The molecule has 0 aliphatic rings. The molecule has 0 saturated carbocycles. The van der Waals surface area contributed by atoms with E-state index in [1.54, 1.807) is 0 Å². The molecule has 0 aliphatic carbocycles. The Balaban J connectivity index is 1.27. The Labute approximate surface area is 269 Å². The van der Waals surface area contributed by atoms with Gasteiger partial charge < -0.3 is 13.6 Å². The van der Waals surface area contributed by atoms with E-state index in [9.17, 15) is 5.26 Å². The summed E-state index contributed by atoms with van der Waals surface area (Å²) in [4.78, 5) is 0. The number of furan rings is 1. The zero-order valence-electron chi connectivity index (χ0n) is 25.2. The number of benzene rings is 7. The molecule has 0 aliphatic heterocycles. The quantitative estimate of drug-likeness (QED) is 0.203. The summed E-state index contributed by atoms with van der Waals surface area (Å²) in [7, 11) is 0. The van der Waals surface area contributed by atoms with E-state index in [-0.39, 0.29) is 0 Å². The zero-order valence-corrected chi connectivity index (χ0v) is 25.2. The fraction of sp³-hybridized carbons (Fsp3) is 0. The van der Waals surface area contributed by atoms with E-state index >= 15 is 0 Å². The molecule has 0 unspecified atom stereocenters. The van der Waals surface area contributed by atoms with E-state index in [2.05, 4.69) is 143 Å². The van der Waals surface area contributed by atoms with Gasteiger partial charge in [-0.1, -0.05) is 84.9 Å². The first-order valence-electron chi connectivity index (χ1n) is 15.8. The van der Waals surface area contributed by atoms with Gasteiger partial charge in [0.1, 0.15) is 11.2 Å². The zero-order chi connectivity index (χ0) is 31.1. The van der Waals surface area contributed by atoms with E-state index < -0.39 is 0 Å². The summed E-state index contributed by atoms with van der Waals surface area (Å²) in [6.07, 6.45) is 0. The first kappa shape index (κ1) is 25.7. The highest BCUT2D eigenvalue weighted by molar-refractivity contribution is 6.27. The Morgan fingerprint density at radius 3 is 1.87 bits per heavy atom. The first-order valence-corrected chi connectivity index (χ1v) is 15.8. The SMILES string of the molecule is N#Cc1ccc(-n2c3ccccc3c3c4c(ccc32)oc2ccccc24)c(-c2cccc(-n3c4ccccc4c4ccccc43)c2)c1. The minimum Gasteiger partial charge on any atom is -0.456 e. The number of nitriles is 1. The van der Waals surface area contributed by atoms with Crippen molar-refractivity contribution >= 4 is 65.6 Å². The third-order valence-corrected chi connectivity index (χ3v) is 9.54. The smallest absolute Gasteiger partial charge is 0.136 e. The van der Waals surface area contributed by atoms with Crippen LogP contribution in [-0.4, -0.2) is 9.13 Å². The second-order valence-electron chi connectivity index (χ2n) is 12.0. The summed E-state index contributed by atoms with van der Waals surface area (Å²) in [5, 5.41) is 17.0. The molecule has 47 heavy (non-hydrogen) atoms. The first-order chi connectivity index (χ1) is 23.3. The molecule has 0 atom stereocenters. The normalized spacial score (nSPS) is 11.8. The van der Waals surface area contributed by atoms with Crippen LogP contribution in [0.15, 0.2) is 156 Å². The molecule has 10 aromatic rings. The number of hydrogen-bond donors (Lipinski definition) is 0. The highest BCUT2D eigenvalue weighted by Gasteiger charge is 2.21. The molecule has 7 aromatic carbocycles. The lowest BCUT2D eigenvalue weighted by molar-refractivity contribution is 0.669. The van der Waals surface area contributed by atoms with Crippen LogP contribution in [0.4, 0.5) is 0 Å². The van der Waals surface area contributed by atoms with Crippen LogP contribution in [0.25, 0.3) is 88.1 Å². The lowest BCUT2D eigenvalue weighted by Crippen LogP contribution is -1.99. The van der Waals surface area contributed by atoms with Crippen LogP contribution in [-0.2, 0) is 0 Å². The molecule has 0 bridgehead atoms. The maximum Gasteiger partial charge on any atom is 0.136 e. The van der Waals surface area contributed by atoms with E-state index in [0.29, 0.717) is 5.56 Å². The van der Waals surface area contributed by atoms with Gasteiger partial charge in [0.15, 0.2) is 0 Å². The minimum absolute atomic E-state index is 0.620. The lowest BCUT2D eigenvalue weighted by atomic mass is 10.00.